The summed E-state index contributed by atoms with van der Waals surface area (Å²) in [5.74, 6) is 0.329. The van der Waals surface area contributed by atoms with Gasteiger partial charge in [-0.1, -0.05) is 12.1 Å². The van der Waals surface area contributed by atoms with Crippen LogP contribution in [0.15, 0.2) is 41.0 Å². The molecule has 1 aromatic carbocycles. The molecule has 21 heavy (non-hydrogen) atoms. The number of aliphatic hydroxyl groups is 1. The molecule has 1 heterocycles. The number of furan rings is 1. The van der Waals surface area contributed by atoms with Crippen molar-refractivity contribution in [2.45, 2.75) is 31.2 Å². The normalized spacial score (nSPS) is 21.9. The van der Waals surface area contributed by atoms with E-state index in [4.69, 9.17) is 4.42 Å². The fourth-order valence-electron chi connectivity index (χ4n) is 2.79. The molecule has 0 amide bonds. The molecule has 0 radical (unpaired) electrons. The first-order chi connectivity index (χ1) is 9.88. The Hall–Kier alpha value is -1.95. The number of alkyl halides is 3. The van der Waals surface area contributed by atoms with E-state index in [1.807, 2.05) is 0 Å². The molecule has 0 fully saturated rings. The Morgan fingerprint density at radius 1 is 1.24 bits per heavy atom. The summed E-state index contributed by atoms with van der Waals surface area (Å²) in [7, 11) is 0. The maximum absolute atomic E-state index is 12.3. The highest BCUT2D eigenvalue weighted by Gasteiger charge is 2.38. The van der Waals surface area contributed by atoms with Crippen LogP contribution in [0.3, 0.4) is 0 Å². The number of halogens is 3. The van der Waals surface area contributed by atoms with E-state index < -0.39 is 12.0 Å². The number of ether oxygens (including phenoxy) is 1. The minimum atomic E-state index is -4.76. The van der Waals surface area contributed by atoms with Crippen LogP contribution >= 0.6 is 0 Å². The topological polar surface area (TPSA) is 42.6 Å². The highest BCUT2D eigenvalue weighted by atomic mass is 19.4. The van der Waals surface area contributed by atoms with E-state index >= 15 is 0 Å². The Kier molecular flexibility index (Phi) is 3.20. The van der Waals surface area contributed by atoms with Crippen molar-refractivity contribution in [3.05, 3.63) is 53.5 Å². The van der Waals surface area contributed by atoms with Gasteiger partial charge in [0, 0.05) is 12.0 Å². The lowest BCUT2D eigenvalue weighted by Crippen LogP contribution is -2.31. The number of hydrogen-bond donors (Lipinski definition) is 1. The number of fused-ring (bicyclic) bond motifs is 1. The molecule has 2 aromatic rings. The Morgan fingerprint density at radius 3 is 2.81 bits per heavy atom. The SMILES string of the molecule is OC1(c2cccc(OC(F)(F)F)c2)CCCc2occc21. The quantitative estimate of drug-likeness (QED) is 0.918. The summed E-state index contributed by atoms with van der Waals surface area (Å²) in [6.07, 6.45) is -1.44. The van der Waals surface area contributed by atoms with Gasteiger partial charge in [0.2, 0.25) is 0 Å². The zero-order valence-electron chi connectivity index (χ0n) is 11.0. The molecule has 1 atom stereocenters. The second-order valence-electron chi connectivity index (χ2n) is 5.05. The maximum atomic E-state index is 12.3. The molecule has 112 valence electrons. The van der Waals surface area contributed by atoms with Crippen LogP contribution in [-0.2, 0) is 12.0 Å². The molecule has 0 spiro atoms. The Bertz CT molecular complexity index is 648. The van der Waals surface area contributed by atoms with E-state index in [1.54, 1.807) is 12.1 Å². The largest absolute Gasteiger partial charge is 0.573 e. The van der Waals surface area contributed by atoms with Gasteiger partial charge < -0.3 is 14.3 Å². The van der Waals surface area contributed by atoms with Crippen LogP contribution in [0.25, 0.3) is 0 Å². The fraction of sp³-hybridized carbons (Fsp3) is 0.333. The molecule has 3 nitrogen and oxygen atoms in total. The van der Waals surface area contributed by atoms with Gasteiger partial charge in [-0.05, 0) is 36.6 Å². The van der Waals surface area contributed by atoms with Crippen LogP contribution in [0.5, 0.6) is 5.75 Å². The first-order valence-corrected chi connectivity index (χ1v) is 6.54. The number of aryl methyl sites for hydroxylation is 1. The van der Waals surface area contributed by atoms with E-state index in [0.29, 0.717) is 36.1 Å². The summed E-state index contributed by atoms with van der Waals surface area (Å²) in [6, 6.07) is 7.11. The average Bonchev–Trinajstić information content (AvgIpc) is 2.87. The van der Waals surface area contributed by atoms with Gasteiger partial charge in [-0.3, -0.25) is 0 Å². The summed E-state index contributed by atoms with van der Waals surface area (Å²) in [5, 5.41) is 10.9. The highest BCUT2D eigenvalue weighted by molar-refractivity contribution is 5.42. The van der Waals surface area contributed by atoms with E-state index in [1.165, 1.54) is 24.5 Å². The van der Waals surface area contributed by atoms with Crippen LogP contribution in [0, 0.1) is 0 Å². The molecule has 0 saturated carbocycles. The van der Waals surface area contributed by atoms with Crippen molar-refractivity contribution >= 4 is 0 Å². The maximum Gasteiger partial charge on any atom is 0.573 e. The first-order valence-electron chi connectivity index (χ1n) is 6.54. The lowest BCUT2D eigenvalue weighted by molar-refractivity contribution is -0.274. The van der Waals surface area contributed by atoms with E-state index in [9.17, 15) is 18.3 Å². The predicted molar refractivity (Wildman–Crippen MR) is 67.8 cm³/mol. The second-order valence-corrected chi connectivity index (χ2v) is 5.05. The van der Waals surface area contributed by atoms with Crippen molar-refractivity contribution in [2.75, 3.05) is 0 Å². The molecule has 3 rings (SSSR count). The smallest absolute Gasteiger partial charge is 0.469 e. The van der Waals surface area contributed by atoms with Crippen LogP contribution in [0.4, 0.5) is 13.2 Å². The van der Waals surface area contributed by atoms with Gasteiger partial charge in [-0.25, -0.2) is 0 Å². The summed E-state index contributed by atoms with van der Waals surface area (Å²) >= 11 is 0. The monoisotopic (exact) mass is 298 g/mol. The summed E-state index contributed by atoms with van der Waals surface area (Å²) in [6.45, 7) is 0. The lowest BCUT2D eigenvalue weighted by atomic mass is 9.78. The molecule has 1 N–H and O–H groups in total. The number of hydrogen-bond acceptors (Lipinski definition) is 3. The second kappa shape index (κ2) is 4.80. The van der Waals surface area contributed by atoms with Crippen LogP contribution in [0.2, 0.25) is 0 Å². The highest BCUT2D eigenvalue weighted by Crippen LogP contribution is 2.42. The van der Waals surface area contributed by atoms with Gasteiger partial charge in [0.05, 0.1) is 6.26 Å². The third-order valence-corrected chi connectivity index (χ3v) is 3.68. The predicted octanol–water partition coefficient (Wildman–Crippen LogP) is 3.75. The van der Waals surface area contributed by atoms with Crippen molar-refractivity contribution in [1.29, 1.82) is 0 Å². The Morgan fingerprint density at radius 2 is 2.05 bits per heavy atom. The van der Waals surface area contributed by atoms with Gasteiger partial charge in [0.25, 0.3) is 0 Å². The zero-order valence-corrected chi connectivity index (χ0v) is 11.0. The van der Waals surface area contributed by atoms with Gasteiger partial charge in [-0.15, -0.1) is 13.2 Å². The molecule has 0 aliphatic heterocycles. The standard InChI is InChI=1S/C15H13F3O3/c16-15(17,18)21-11-4-1-3-10(9-11)14(19)7-2-5-13-12(14)6-8-20-13/h1,3-4,6,8-9,19H,2,5,7H2. The van der Waals surface area contributed by atoms with E-state index in [0.717, 1.165) is 0 Å². The van der Waals surface area contributed by atoms with Crippen molar-refractivity contribution in [3.8, 4) is 5.75 Å². The summed E-state index contributed by atoms with van der Waals surface area (Å²) in [5.41, 5.74) is -0.365. The van der Waals surface area contributed by atoms with Gasteiger partial charge in [-0.2, -0.15) is 0 Å². The van der Waals surface area contributed by atoms with Crippen molar-refractivity contribution < 1.29 is 27.4 Å². The van der Waals surface area contributed by atoms with Crippen molar-refractivity contribution in [1.82, 2.24) is 0 Å². The molecule has 1 aliphatic rings. The van der Waals surface area contributed by atoms with Gasteiger partial charge in [0.1, 0.15) is 17.1 Å². The van der Waals surface area contributed by atoms with Gasteiger partial charge in [0.15, 0.2) is 0 Å². The summed E-state index contributed by atoms with van der Waals surface area (Å²) < 4.78 is 46.1. The Labute approximate surface area is 119 Å². The molecule has 0 bridgehead atoms. The minimum Gasteiger partial charge on any atom is -0.469 e. The van der Waals surface area contributed by atoms with Crippen LogP contribution < -0.4 is 4.74 Å². The van der Waals surface area contributed by atoms with Crippen molar-refractivity contribution in [3.63, 3.8) is 0 Å². The third kappa shape index (κ3) is 2.63. The van der Waals surface area contributed by atoms with E-state index in [2.05, 4.69) is 4.74 Å². The molecule has 1 aliphatic carbocycles. The van der Waals surface area contributed by atoms with Crippen LogP contribution in [0.1, 0.15) is 29.7 Å². The molecular formula is C15H13F3O3. The minimum absolute atomic E-state index is 0.343. The zero-order chi connectivity index (χ0) is 15.1. The average molecular weight is 298 g/mol. The third-order valence-electron chi connectivity index (χ3n) is 3.68. The molecule has 0 saturated heterocycles. The Balaban J connectivity index is 2.00. The molecule has 1 aromatic heterocycles. The van der Waals surface area contributed by atoms with Crippen LogP contribution in [-0.4, -0.2) is 11.5 Å². The molecular weight excluding hydrogens is 285 g/mol. The van der Waals surface area contributed by atoms with Gasteiger partial charge >= 0.3 is 6.36 Å². The van der Waals surface area contributed by atoms with E-state index in [-0.39, 0.29) is 5.75 Å². The summed E-state index contributed by atoms with van der Waals surface area (Å²) in [4.78, 5) is 0. The van der Waals surface area contributed by atoms with Crippen molar-refractivity contribution in [2.24, 2.45) is 0 Å². The number of benzene rings is 1. The lowest BCUT2D eigenvalue weighted by Gasteiger charge is -2.32. The molecule has 6 heteroatoms. The number of rotatable bonds is 2. The molecule has 1 unspecified atom stereocenters. The first kappa shape index (κ1) is 14.0. The fourth-order valence-corrected chi connectivity index (χ4v) is 2.79.